The Labute approximate surface area is 201 Å². The molecule has 3 aromatic rings. The van der Waals surface area contributed by atoms with Gasteiger partial charge in [-0.25, -0.2) is 4.98 Å². The number of pyridine rings is 1. The lowest BCUT2D eigenvalue weighted by atomic mass is 9.91. The normalized spacial score (nSPS) is 22.7. The van der Waals surface area contributed by atoms with Crippen LogP contribution in [0.15, 0.2) is 56.9 Å². The number of hydrogen-bond donors (Lipinski definition) is 0. The van der Waals surface area contributed by atoms with Gasteiger partial charge >= 0.3 is 0 Å². The Kier molecular flexibility index (Phi) is 5.84. The molecule has 0 saturated carbocycles. The van der Waals surface area contributed by atoms with Gasteiger partial charge in [-0.2, -0.15) is 0 Å². The summed E-state index contributed by atoms with van der Waals surface area (Å²) in [5.41, 5.74) is 0.808. The maximum atomic E-state index is 13.5. The summed E-state index contributed by atoms with van der Waals surface area (Å²) in [6.07, 6.45) is 6.08. The molecule has 2 aliphatic rings. The van der Waals surface area contributed by atoms with Gasteiger partial charge in [0.25, 0.3) is 11.5 Å². The minimum absolute atomic E-state index is 0.196. The van der Waals surface area contributed by atoms with Crippen LogP contribution in [0.4, 0.5) is 5.82 Å². The summed E-state index contributed by atoms with van der Waals surface area (Å²) >= 11 is 6.66. The first-order chi connectivity index (χ1) is 15.9. The average molecular weight is 481 g/mol. The summed E-state index contributed by atoms with van der Waals surface area (Å²) in [6.45, 7) is 6.34. The molecule has 3 aromatic heterocycles. The molecule has 9 heteroatoms. The maximum absolute atomic E-state index is 13.5. The quantitative estimate of drug-likeness (QED) is 0.410. The molecule has 0 bridgehead atoms. The molecular weight excluding hydrogens is 456 g/mol. The topological polar surface area (TPSA) is 71.1 Å². The van der Waals surface area contributed by atoms with E-state index in [2.05, 4.69) is 18.7 Å². The molecule has 5 heterocycles. The monoisotopic (exact) mass is 480 g/mol. The number of carbonyl (C=O) groups is 1. The molecule has 0 unspecified atom stereocenters. The smallest absolute Gasteiger partial charge is 0.267 e. The van der Waals surface area contributed by atoms with Gasteiger partial charge < -0.3 is 9.32 Å². The highest BCUT2D eigenvalue weighted by atomic mass is 32.2. The van der Waals surface area contributed by atoms with Crippen LogP contribution in [0, 0.1) is 11.8 Å². The molecule has 2 fully saturated rings. The summed E-state index contributed by atoms with van der Waals surface area (Å²) in [7, 11) is 0. The number of amides is 1. The van der Waals surface area contributed by atoms with Crippen LogP contribution in [0.2, 0.25) is 0 Å². The molecule has 2 aliphatic heterocycles. The van der Waals surface area contributed by atoms with Gasteiger partial charge in [0.1, 0.15) is 21.5 Å². The number of furan rings is 1. The minimum Gasteiger partial charge on any atom is -0.467 e. The highest BCUT2D eigenvalue weighted by Gasteiger charge is 2.34. The van der Waals surface area contributed by atoms with Crippen molar-refractivity contribution in [3.63, 3.8) is 0 Å². The number of fused-ring (bicyclic) bond motifs is 1. The largest absolute Gasteiger partial charge is 0.467 e. The van der Waals surface area contributed by atoms with E-state index in [1.807, 2.05) is 12.1 Å². The van der Waals surface area contributed by atoms with Crippen molar-refractivity contribution in [3.8, 4) is 0 Å². The number of hydrogen-bond acceptors (Lipinski definition) is 7. The highest BCUT2D eigenvalue weighted by Crippen LogP contribution is 2.35. The number of nitrogens with zero attached hydrogens (tertiary/aromatic N) is 4. The first kappa shape index (κ1) is 21.9. The second-order valence-electron chi connectivity index (χ2n) is 8.78. The zero-order chi connectivity index (χ0) is 23.1. The molecule has 170 valence electrons. The molecule has 1 amide bonds. The Balaban J connectivity index is 1.59. The molecule has 0 aromatic carbocycles. The fraction of sp³-hybridized carbons (Fsp3) is 0.333. The Morgan fingerprint density at radius 2 is 1.97 bits per heavy atom. The average Bonchev–Trinajstić information content (AvgIpc) is 3.39. The fourth-order valence-electron chi connectivity index (χ4n) is 4.62. The van der Waals surface area contributed by atoms with Gasteiger partial charge in [-0.15, -0.1) is 0 Å². The number of rotatable bonds is 4. The first-order valence-corrected chi connectivity index (χ1v) is 12.2. The Morgan fingerprint density at radius 1 is 1.18 bits per heavy atom. The number of piperidine rings is 1. The van der Waals surface area contributed by atoms with Crippen molar-refractivity contribution in [1.82, 2.24) is 14.3 Å². The van der Waals surface area contributed by atoms with Crippen molar-refractivity contribution >= 4 is 51.7 Å². The zero-order valence-electron chi connectivity index (χ0n) is 18.4. The lowest BCUT2D eigenvalue weighted by Gasteiger charge is -2.36. The Bertz CT molecular complexity index is 1300. The molecule has 5 rings (SSSR count). The number of anilines is 1. The lowest BCUT2D eigenvalue weighted by Crippen LogP contribution is -2.40. The van der Waals surface area contributed by atoms with E-state index in [0.717, 1.165) is 19.5 Å². The van der Waals surface area contributed by atoms with E-state index in [4.69, 9.17) is 21.6 Å². The van der Waals surface area contributed by atoms with Gasteiger partial charge in [0.15, 0.2) is 0 Å². The van der Waals surface area contributed by atoms with E-state index in [-0.39, 0.29) is 18.0 Å². The third-order valence-corrected chi connectivity index (χ3v) is 7.34. The van der Waals surface area contributed by atoms with E-state index in [1.165, 1.54) is 21.1 Å². The van der Waals surface area contributed by atoms with Crippen LogP contribution in [0.1, 0.15) is 31.6 Å². The van der Waals surface area contributed by atoms with Gasteiger partial charge in [-0.05, 0) is 48.6 Å². The molecule has 0 radical (unpaired) electrons. The highest BCUT2D eigenvalue weighted by molar-refractivity contribution is 8.26. The van der Waals surface area contributed by atoms with E-state index in [0.29, 0.717) is 43.9 Å². The van der Waals surface area contributed by atoms with Gasteiger partial charge in [-0.1, -0.05) is 43.9 Å². The first-order valence-electron chi connectivity index (χ1n) is 10.9. The van der Waals surface area contributed by atoms with E-state index in [1.54, 1.807) is 36.7 Å². The summed E-state index contributed by atoms with van der Waals surface area (Å²) in [5.74, 6) is 2.02. The van der Waals surface area contributed by atoms with Crippen LogP contribution >= 0.6 is 24.0 Å². The van der Waals surface area contributed by atoms with E-state index >= 15 is 0 Å². The summed E-state index contributed by atoms with van der Waals surface area (Å²) < 4.78 is 7.35. The van der Waals surface area contributed by atoms with Gasteiger partial charge in [-0.3, -0.25) is 18.9 Å². The lowest BCUT2D eigenvalue weighted by molar-refractivity contribution is -0.122. The van der Waals surface area contributed by atoms with Crippen molar-refractivity contribution in [2.24, 2.45) is 11.8 Å². The molecule has 0 N–H and O–H groups in total. The maximum Gasteiger partial charge on any atom is 0.267 e. The summed E-state index contributed by atoms with van der Waals surface area (Å²) in [4.78, 5) is 35.7. The van der Waals surface area contributed by atoms with Crippen LogP contribution in [0.25, 0.3) is 11.7 Å². The van der Waals surface area contributed by atoms with Gasteiger partial charge in [0.2, 0.25) is 0 Å². The van der Waals surface area contributed by atoms with E-state index in [9.17, 15) is 9.59 Å². The third kappa shape index (κ3) is 4.22. The van der Waals surface area contributed by atoms with Crippen molar-refractivity contribution in [3.05, 3.63) is 69.4 Å². The van der Waals surface area contributed by atoms with Gasteiger partial charge in [0.05, 0.1) is 23.3 Å². The van der Waals surface area contributed by atoms with Crippen LogP contribution in [-0.4, -0.2) is 37.6 Å². The number of thioether (sulfide) groups is 1. The molecule has 33 heavy (non-hydrogen) atoms. The molecule has 7 nitrogen and oxygen atoms in total. The summed E-state index contributed by atoms with van der Waals surface area (Å²) in [5, 5.41) is 0. The molecule has 2 saturated heterocycles. The number of carbonyl (C=O) groups excluding carboxylic acids is 1. The molecule has 0 aliphatic carbocycles. The van der Waals surface area contributed by atoms with Crippen LogP contribution in [0.5, 0.6) is 0 Å². The zero-order valence-corrected chi connectivity index (χ0v) is 20.1. The standard InChI is InChI=1S/C24H24N4O3S2/c1-15-10-16(2)13-26(12-15)21-18(22(29)27-8-4-3-7-20(27)25-21)11-19-23(30)28(24(32)33-19)14-17-6-5-9-31-17/h3-9,11,15-16H,10,12-14H2,1-2H3/b19-11-/t15-,16-/m1/s1. The third-order valence-electron chi connectivity index (χ3n) is 5.96. The summed E-state index contributed by atoms with van der Waals surface area (Å²) in [6, 6.07) is 9.07. The Hall–Kier alpha value is -2.91. The second-order valence-corrected chi connectivity index (χ2v) is 10.5. The van der Waals surface area contributed by atoms with Crippen LogP contribution in [-0.2, 0) is 11.3 Å². The number of aromatic nitrogens is 2. The van der Waals surface area contributed by atoms with Crippen molar-refractivity contribution in [1.29, 1.82) is 0 Å². The van der Waals surface area contributed by atoms with Crippen LogP contribution < -0.4 is 10.5 Å². The second kappa shape index (κ2) is 8.79. The SMILES string of the molecule is C[C@@H]1C[C@@H](C)CN(c2nc3ccccn3c(=O)c2/C=C2\SC(=S)N(Cc3ccco3)C2=O)C1. The predicted octanol–water partition coefficient (Wildman–Crippen LogP) is 4.17. The number of thiocarbonyl (C=S) groups is 1. The molecule has 0 spiro atoms. The molecule has 2 atom stereocenters. The molecular formula is C24H24N4O3S2. The minimum atomic E-state index is -0.231. The fourth-order valence-corrected chi connectivity index (χ4v) is 5.86. The Morgan fingerprint density at radius 3 is 2.70 bits per heavy atom. The van der Waals surface area contributed by atoms with Crippen LogP contribution in [0.3, 0.4) is 0 Å². The van der Waals surface area contributed by atoms with Crippen molar-refractivity contribution < 1.29 is 9.21 Å². The van der Waals surface area contributed by atoms with Gasteiger partial charge in [0, 0.05) is 19.3 Å². The van der Waals surface area contributed by atoms with E-state index < -0.39 is 0 Å². The van der Waals surface area contributed by atoms with Crippen molar-refractivity contribution in [2.45, 2.75) is 26.8 Å². The predicted molar refractivity (Wildman–Crippen MR) is 134 cm³/mol. The van der Waals surface area contributed by atoms with Crippen molar-refractivity contribution in [2.75, 3.05) is 18.0 Å².